The number of rotatable bonds is 5. The third-order valence-electron chi connectivity index (χ3n) is 5.18. The molecule has 0 bridgehead atoms. The van der Waals surface area contributed by atoms with E-state index in [0.717, 1.165) is 22.2 Å². The van der Waals surface area contributed by atoms with E-state index in [1.807, 2.05) is 54.8 Å². The first-order valence-electron chi connectivity index (χ1n) is 10.2. The summed E-state index contributed by atoms with van der Waals surface area (Å²) < 4.78 is 5.35. The molecular weight excluding hydrogens is 426 g/mol. The summed E-state index contributed by atoms with van der Waals surface area (Å²) in [5.74, 6) is 2.64. The summed E-state index contributed by atoms with van der Waals surface area (Å²) >= 11 is 1.55. The van der Waals surface area contributed by atoms with E-state index in [4.69, 9.17) is 4.52 Å². The molecule has 0 spiro atoms. The summed E-state index contributed by atoms with van der Waals surface area (Å²) in [5, 5.41) is 17.7. The first kappa shape index (κ1) is 20.1. The van der Waals surface area contributed by atoms with Gasteiger partial charge in [-0.2, -0.15) is 0 Å². The van der Waals surface area contributed by atoms with E-state index in [9.17, 15) is 4.79 Å². The molecule has 0 unspecified atom stereocenters. The van der Waals surface area contributed by atoms with Gasteiger partial charge < -0.3 is 19.6 Å². The van der Waals surface area contributed by atoms with Gasteiger partial charge in [-0.25, -0.2) is 4.98 Å². The summed E-state index contributed by atoms with van der Waals surface area (Å²) in [5.41, 5.74) is 1.27. The summed E-state index contributed by atoms with van der Waals surface area (Å²) in [4.78, 5) is 22.1. The van der Waals surface area contributed by atoms with Gasteiger partial charge in [0.25, 0.3) is 5.91 Å². The predicted octanol–water partition coefficient (Wildman–Crippen LogP) is 3.60. The van der Waals surface area contributed by atoms with Gasteiger partial charge in [0.2, 0.25) is 0 Å². The van der Waals surface area contributed by atoms with Crippen molar-refractivity contribution in [3.05, 3.63) is 65.3 Å². The maximum Gasteiger partial charge on any atom is 0.276 e. The molecule has 0 aliphatic carbocycles. The minimum absolute atomic E-state index is 0.118. The molecule has 1 amide bonds. The van der Waals surface area contributed by atoms with E-state index in [-0.39, 0.29) is 5.91 Å². The highest BCUT2D eigenvalue weighted by Gasteiger charge is 2.25. The SMILES string of the molecule is Cc1cccc(Nc2ccc(N3CCN(C(=O)c4cc(-c5cccs5)on4)CC3)nn2)n1. The van der Waals surface area contributed by atoms with Crippen molar-refractivity contribution in [3.63, 3.8) is 0 Å². The fourth-order valence-electron chi connectivity index (χ4n) is 3.52. The third kappa shape index (κ3) is 4.30. The molecular formula is C22H21N7O2S. The zero-order valence-electron chi connectivity index (χ0n) is 17.4. The van der Waals surface area contributed by atoms with Gasteiger partial charge in [0.1, 0.15) is 5.82 Å². The van der Waals surface area contributed by atoms with Gasteiger partial charge in [0.15, 0.2) is 23.1 Å². The molecule has 0 radical (unpaired) electrons. The topological polar surface area (TPSA) is 100 Å². The van der Waals surface area contributed by atoms with Crippen molar-refractivity contribution in [1.29, 1.82) is 0 Å². The Morgan fingerprint density at radius 2 is 1.91 bits per heavy atom. The summed E-state index contributed by atoms with van der Waals surface area (Å²) in [6.07, 6.45) is 0. The Morgan fingerprint density at radius 3 is 2.62 bits per heavy atom. The second kappa shape index (κ2) is 8.75. The van der Waals surface area contributed by atoms with Crippen molar-refractivity contribution in [1.82, 2.24) is 25.2 Å². The Kier molecular flexibility index (Phi) is 5.51. The van der Waals surface area contributed by atoms with Gasteiger partial charge in [0.05, 0.1) is 4.88 Å². The number of nitrogens with one attached hydrogen (secondary N) is 1. The number of aromatic nitrogens is 4. The van der Waals surface area contributed by atoms with E-state index in [1.165, 1.54) is 0 Å². The van der Waals surface area contributed by atoms with E-state index in [1.54, 1.807) is 22.3 Å². The molecule has 5 heterocycles. The number of amides is 1. The standard InChI is InChI=1S/C22H21N7O2S/c1-15-4-2-6-19(23-15)24-20-7-8-21(26-25-20)28-9-11-29(12-10-28)22(30)16-14-17(31-27-16)18-5-3-13-32-18/h2-8,13-14H,9-12H2,1H3,(H,23,24,25). The number of pyridine rings is 1. The van der Waals surface area contributed by atoms with Crippen LogP contribution in [0.4, 0.5) is 17.5 Å². The van der Waals surface area contributed by atoms with Crippen molar-refractivity contribution in [2.45, 2.75) is 6.92 Å². The average Bonchev–Trinajstić information content (AvgIpc) is 3.52. The number of carbonyl (C=O) groups excluding carboxylic acids is 1. The van der Waals surface area contributed by atoms with Gasteiger partial charge in [-0.3, -0.25) is 4.79 Å². The van der Waals surface area contributed by atoms with E-state index < -0.39 is 0 Å². The van der Waals surface area contributed by atoms with Crippen LogP contribution in [0.5, 0.6) is 0 Å². The number of piperazine rings is 1. The maximum absolute atomic E-state index is 12.8. The molecule has 1 N–H and O–H groups in total. The Balaban J connectivity index is 1.18. The number of carbonyl (C=O) groups is 1. The summed E-state index contributed by atoms with van der Waals surface area (Å²) in [6, 6.07) is 15.2. The van der Waals surface area contributed by atoms with E-state index in [2.05, 4.69) is 30.6 Å². The van der Waals surface area contributed by atoms with Crippen LogP contribution < -0.4 is 10.2 Å². The van der Waals surface area contributed by atoms with Crippen LogP contribution in [0.2, 0.25) is 0 Å². The number of anilines is 3. The van der Waals surface area contributed by atoms with Crippen LogP contribution in [0.15, 0.2) is 58.4 Å². The molecule has 162 valence electrons. The second-order valence-corrected chi connectivity index (χ2v) is 8.35. The Labute approximate surface area is 188 Å². The van der Waals surface area contributed by atoms with Gasteiger partial charge >= 0.3 is 0 Å². The van der Waals surface area contributed by atoms with Gasteiger partial charge in [-0.15, -0.1) is 21.5 Å². The minimum Gasteiger partial charge on any atom is -0.355 e. The van der Waals surface area contributed by atoms with Crippen molar-refractivity contribution >= 4 is 34.7 Å². The Hall–Kier alpha value is -3.79. The smallest absolute Gasteiger partial charge is 0.276 e. The predicted molar refractivity (Wildman–Crippen MR) is 122 cm³/mol. The Morgan fingerprint density at radius 1 is 1.03 bits per heavy atom. The van der Waals surface area contributed by atoms with Crippen molar-refractivity contribution in [2.24, 2.45) is 0 Å². The summed E-state index contributed by atoms with van der Waals surface area (Å²) in [6.45, 7) is 4.43. The molecule has 10 heteroatoms. The number of hydrogen-bond acceptors (Lipinski definition) is 9. The lowest BCUT2D eigenvalue weighted by molar-refractivity contribution is 0.0736. The molecule has 0 saturated carbocycles. The lowest BCUT2D eigenvalue weighted by Crippen LogP contribution is -2.49. The van der Waals surface area contributed by atoms with Crippen LogP contribution >= 0.6 is 11.3 Å². The molecule has 0 aromatic carbocycles. The first-order chi connectivity index (χ1) is 15.7. The average molecular weight is 448 g/mol. The summed E-state index contributed by atoms with van der Waals surface area (Å²) in [7, 11) is 0. The molecule has 1 aliphatic rings. The highest BCUT2D eigenvalue weighted by atomic mass is 32.1. The van der Waals surface area contributed by atoms with Crippen LogP contribution in [0.3, 0.4) is 0 Å². The van der Waals surface area contributed by atoms with Crippen molar-refractivity contribution < 1.29 is 9.32 Å². The van der Waals surface area contributed by atoms with Crippen LogP contribution in [0, 0.1) is 6.92 Å². The lowest BCUT2D eigenvalue weighted by atomic mass is 10.2. The quantitative estimate of drug-likeness (QED) is 0.495. The number of hydrogen-bond donors (Lipinski definition) is 1. The monoisotopic (exact) mass is 447 g/mol. The number of thiophene rings is 1. The first-order valence-corrected chi connectivity index (χ1v) is 11.1. The number of nitrogens with zero attached hydrogens (tertiary/aromatic N) is 6. The Bertz CT molecular complexity index is 1200. The molecule has 1 aliphatic heterocycles. The van der Waals surface area contributed by atoms with Crippen molar-refractivity contribution in [3.8, 4) is 10.6 Å². The molecule has 1 saturated heterocycles. The van der Waals surface area contributed by atoms with Gasteiger partial charge in [-0.1, -0.05) is 17.3 Å². The molecule has 4 aromatic rings. The lowest BCUT2D eigenvalue weighted by Gasteiger charge is -2.34. The highest BCUT2D eigenvalue weighted by Crippen LogP contribution is 2.26. The fourth-order valence-corrected chi connectivity index (χ4v) is 4.19. The van der Waals surface area contributed by atoms with Crippen LogP contribution in [0.1, 0.15) is 16.2 Å². The van der Waals surface area contributed by atoms with E-state index in [0.29, 0.717) is 43.5 Å². The molecule has 9 nitrogen and oxygen atoms in total. The maximum atomic E-state index is 12.8. The van der Waals surface area contributed by atoms with Crippen LogP contribution in [-0.4, -0.2) is 57.3 Å². The molecule has 1 fully saturated rings. The molecule has 32 heavy (non-hydrogen) atoms. The number of aryl methyl sites for hydroxylation is 1. The van der Waals surface area contributed by atoms with Crippen LogP contribution in [0.25, 0.3) is 10.6 Å². The van der Waals surface area contributed by atoms with E-state index >= 15 is 0 Å². The third-order valence-corrected chi connectivity index (χ3v) is 6.06. The molecule has 4 aromatic heterocycles. The van der Waals surface area contributed by atoms with Gasteiger partial charge in [0, 0.05) is 37.9 Å². The normalized spacial score (nSPS) is 13.9. The zero-order valence-corrected chi connectivity index (χ0v) is 18.2. The fraction of sp³-hybridized carbons (Fsp3) is 0.227. The minimum atomic E-state index is -0.118. The largest absolute Gasteiger partial charge is 0.355 e. The molecule has 5 rings (SSSR count). The van der Waals surface area contributed by atoms with Crippen LogP contribution in [-0.2, 0) is 0 Å². The molecule has 0 atom stereocenters. The highest BCUT2D eigenvalue weighted by molar-refractivity contribution is 7.13. The zero-order chi connectivity index (χ0) is 21.9. The second-order valence-electron chi connectivity index (χ2n) is 7.40. The van der Waals surface area contributed by atoms with Crippen molar-refractivity contribution in [2.75, 3.05) is 36.4 Å². The van der Waals surface area contributed by atoms with Gasteiger partial charge in [-0.05, 0) is 42.6 Å².